The minimum atomic E-state index is 0.0568. The molecule has 0 aromatic carbocycles. The van der Waals surface area contributed by atoms with Crippen LogP contribution < -0.4 is 0 Å². The molecule has 5 rings (SSSR count). The Morgan fingerprint density at radius 1 is 0.833 bits per heavy atom. The van der Waals surface area contributed by atoms with Crippen molar-refractivity contribution in [2.45, 2.75) is 90.6 Å². The van der Waals surface area contributed by atoms with Crippen LogP contribution in [0, 0.1) is 16.2 Å². The molecule has 0 N–H and O–H groups in total. The predicted molar refractivity (Wildman–Crippen MR) is 123 cm³/mol. The van der Waals surface area contributed by atoms with Gasteiger partial charge in [-0.15, -0.1) is 0 Å². The van der Waals surface area contributed by atoms with E-state index < -0.39 is 0 Å². The van der Waals surface area contributed by atoms with Crippen LogP contribution in [0.15, 0.2) is 0 Å². The van der Waals surface area contributed by atoms with E-state index in [1.54, 1.807) is 16.4 Å². The molecule has 0 aliphatic carbocycles. The van der Waals surface area contributed by atoms with E-state index in [1.807, 2.05) is 10.1 Å². The van der Waals surface area contributed by atoms with Gasteiger partial charge in [-0.05, 0) is 63.3 Å². The fraction of sp³-hybridized carbons (Fsp3) is 0.895. The van der Waals surface area contributed by atoms with E-state index >= 15 is 0 Å². The molecule has 6 atom stereocenters. The van der Waals surface area contributed by atoms with Crippen molar-refractivity contribution in [2.75, 3.05) is 0 Å². The molecule has 134 valence electrons. The van der Waals surface area contributed by atoms with E-state index in [2.05, 4.69) is 76.2 Å². The second kappa shape index (κ2) is 4.61. The fourth-order valence-electron chi connectivity index (χ4n) is 5.69. The summed E-state index contributed by atoms with van der Waals surface area (Å²) in [5, 5.41) is 3.89. The Kier molecular flexibility index (Phi) is 3.64. The lowest BCUT2D eigenvalue weighted by molar-refractivity contribution is 0.351. The van der Waals surface area contributed by atoms with E-state index in [9.17, 15) is 0 Å². The zero-order valence-electron chi connectivity index (χ0n) is 17.2. The van der Waals surface area contributed by atoms with Gasteiger partial charge in [0.15, 0.2) is 0 Å². The van der Waals surface area contributed by atoms with Crippen molar-refractivity contribution in [3.63, 3.8) is 0 Å². The molecule has 6 unspecified atom stereocenters. The highest BCUT2D eigenvalue weighted by molar-refractivity contribution is 8.64. The summed E-state index contributed by atoms with van der Waals surface area (Å²) in [5.41, 5.74) is 1.32. The second-order valence-corrected chi connectivity index (χ2v) is 25.7. The smallest absolute Gasteiger partial charge is 0.0598 e. The first-order chi connectivity index (χ1) is 10.6. The summed E-state index contributed by atoms with van der Waals surface area (Å²) in [7, 11) is 3.90. The van der Waals surface area contributed by atoms with E-state index in [0.717, 1.165) is 4.64 Å². The van der Waals surface area contributed by atoms with E-state index in [4.69, 9.17) is 0 Å². The van der Waals surface area contributed by atoms with Crippen molar-refractivity contribution in [2.24, 2.45) is 16.2 Å². The average molecular weight is 416 g/mol. The van der Waals surface area contributed by atoms with Crippen molar-refractivity contribution in [1.29, 1.82) is 0 Å². The van der Waals surface area contributed by atoms with Crippen LogP contribution in [0.25, 0.3) is 0 Å². The molecule has 0 saturated carbocycles. The van der Waals surface area contributed by atoms with E-state index in [0.29, 0.717) is 26.0 Å². The molecule has 0 radical (unpaired) electrons. The second-order valence-electron chi connectivity index (χ2n) is 11.1. The van der Waals surface area contributed by atoms with Crippen molar-refractivity contribution in [3.8, 4) is 0 Å². The summed E-state index contributed by atoms with van der Waals surface area (Å²) in [6, 6.07) is 0. The van der Waals surface area contributed by atoms with Crippen LogP contribution in [-0.4, -0.2) is 24.5 Å². The highest BCUT2D eigenvalue weighted by Crippen LogP contribution is 3.28. The normalized spacial score (nSPS) is 50.5. The molecule has 6 bridgehead atoms. The van der Waals surface area contributed by atoms with Gasteiger partial charge in [0.25, 0.3) is 0 Å². The quantitative estimate of drug-likeness (QED) is 0.346. The Hall–Kier alpha value is 1.63. The highest BCUT2D eigenvalue weighted by atomic mass is 32.1. The zero-order chi connectivity index (χ0) is 18.3. The third-order valence-electron chi connectivity index (χ3n) is 6.36. The van der Waals surface area contributed by atoms with Crippen LogP contribution in [0.2, 0.25) is 0 Å². The van der Waals surface area contributed by atoms with Crippen LogP contribution in [-0.2, 0) is 0 Å². The van der Waals surface area contributed by atoms with Crippen LogP contribution >= 0.6 is 39.6 Å². The van der Waals surface area contributed by atoms with Gasteiger partial charge in [0.1, 0.15) is 0 Å². The van der Waals surface area contributed by atoms with Crippen LogP contribution in [0.3, 0.4) is 0 Å². The molecular weight excluding hydrogens is 383 g/mol. The molecule has 24 heavy (non-hydrogen) atoms. The first-order valence-electron chi connectivity index (χ1n) is 9.16. The fourth-order valence-corrected chi connectivity index (χ4v) is 44.7. The molecule has 2 fully saturated rings. The molecular formula is C19H33P5. The lowest BCUT2D eigenvalue weighted by Gasteiger charge is -2.54. The van der Waals surface area contributed by atoms with Gasteiger partial charge in [-0.2, -0.15) is 0 Å². The van der Waals surface area contributed by atoms with Gasteiger partial charge in [-0.3, -0.25) is 0 Å². The lowest BCUT2D eigenvalue weighted by atomic mass is 9.88. The average Bonchev–Trinajstić information content (AvgIpc) is 2.92. The highest BCUT2D eigenvalue weighted by Gasteiger charge is 2.95. The molecule has 2 saturated heterocycles. The van der Waals surface area contributed by atoms with Gasteiger partial charge in [0, 0.05) is 0 Å². The monoisotopic (exact) mass is 416 g/mol. The molecule has 0 aromatic heterocycles. The molecule has 0 spiro atoms. The SMILES string of the molecule is CC1=PC2(C(C)(C)C)P3P4C(C(C)(C)C)=PC2(C)P1C43C(C)(C)C. The van der Waals surface area contributed by atoms with Crippen LogP contribution in [0.4, 0.5) is 0 Å². The minimum Gasteiger partial charge on any atom is -0.0864 e. The van der Waals surface area contributed by atoms with Gasteiger partial charge in [-0.25, -0.2) is 0 Å². The maximum Gasteiger partial charge on any atom is 0.0598 e. The largest absolute Gasteiger partial charge is 0.0864 e. The number of hydrogen-bond donors (Lipinski definition) is 0. The topological polar surface area (TPSA) is 0 Å². The Balaban J connectivity index is 2.07. The van der Waals surface area contributed by atoms with E-state index in [1.165, 1.54) is 0 Å². The summed E-state index contributed by atoms with van der Waals surface area (Å²) < 4.78 is 0.720. The Morgan fingerprint density at radius 3 is 1.79 bits per heavy atom. The molecule has 5 aliphatic heterocycles. The van der Waals surface area contributed by atoms with Crippen molar-refractivity contribution in [1.82, 2.24) is 0 Å². The Morgan fingerprint density at radius 2 is 1.38 bits per heavy atom. The van der Waals surface area contributed by atoms with Crippen LogP contribution in [0.5, 0.6) is 0 Å². The summed E-state index contributed by atoms with van der Waals surface area (Å²) in [5.74, 6) is 0. The lowest BCUT2D eigenvalue weighted by Crippen LogP contribution is -2.47. The predicted octanol–water partition coefficient (Wildman–Crippen LogP) is 8.78. The van der Waals surface area contributed by atoms with Crippen LogP contribution in [0.1, 0.15) is 76.2 Å². The Bertz CT molecular complexity index is 701. The number of hydrogen-bond acceptors (Lipinski definition) is 0. The number of rotatable bonds is 0. The summed E-state index contributed by atoms with van der Waals surface area (Å²) in [4.78, 5) is 1.14. The maximum absolute atomic E-state index is 2.73. The molecule has 0 nitrogen and oxygen atoms in total. The third kappa shape index (κ3) is 1.69. The summed E-state index contributed by atoms with van der Waals surface area (Å²) in [6.45, 7) is 28.3. The Labute approximate surface area is 156 Å². The maximum atomic E-state index is 2.73. The summed E-state index contributed by atoms with van der Waals surface area (Å²) in [6.07, 6.45) is 0. The van der Waals surface area contributed by atoms with E-state index in [-0.39, 0.29) is 23.1 Å². The van der Waals surface area contributed by atoms with Gasteiger partial charge in [0.05, 0.1) is 14.4 Å². The van der Waals surface area contributed by atoms with Crippen molar-refractivity contribution < 1.29 is 0 Å². The summed E-state index contributed by atoms with van der Waals surface area (Å²) >= 11 is 0. The molecule has 5 heterocycles. The van der Waals surface area contributed by atoms with Gasteiger partial charge >= 0.3 is 0 Å². The molecule has 5 heteroatoms. The standard InChI is InChI=1S/C19H33P5/c1-12-20-18(15(5,6)7)17(11)21-13(14(2,3)4)23-19(22(12)17,24(18)23)16(8,9)10/h1-11H3. The molecule has 0 aromatic rings. The van der Waals surface area contributed by atoms with Crippen molar-refractivity contribution >= 4 is 49.6 Å². The van der Waals surface area contributed by atoms with Crippen molar-refractivity contribution in [3.05, 3.63) is 0 Å². The first kappa shape index (κ1) is 19.0. The molecule has 0 amide bonds. The van der Waals surface area contributed by atoms with Gasteiger partial charge < -0.3 is 0 Å². The third-order valence-corrected chi connectivity index (χ3v) is 32.0. The first-order valence-corrected chi connectivity index (χ1v) is 15.7. The van der Waals surface area contributed by atoms with Gasteiger partial charge in [-0.1, -0.05) is 78.7 Å². The van der Waals surface area contributed by atoms with Gasteiger partial charge in [0.2, 0.25) is 0 Å². The zero-order valence-corrected chi connectivity index (χ0v) is 21.7. The minimum absolute atomic E-state index is 0.0568. The molecule has 5 aliphatic rings.